The Morgan fingerprint density at radius 1 is 1.20 bits per heavy atom. The Morgan fingerprint density at radius 2 is 2.07 bits per heavy atom. The highest BCUT2D eigenvalue weighted by Gasteiger charge is 2.44. The topological polar surface area (TPSA) is 71.0 Å². The van der Waals surface area contributed by atoms with Crippen LogP contribution >= 0.6 is 0 Å². The number of aromatic nitrogens is 3. The first-order valence-corrected chi connectivity index (χ1v) is 11.1. The van der Waals surface area contributed by atoms with Crippen LogP contribution in [-0.4, -0.2) is 44.4 Å². The minimum absolute atomic E-state index is 0.0333. The average Bonchev–Trinajstić information content (AvgIpc) is 3.27. The molecular formula is C24H26N4O2. The number of likely N-dealkylation sites (tertiary alicyclic amines) is 1. The van der Waals surface area contributed by atoms with Crippen LogP contribution in [0, 0.1) is 5.92 Å². The minimum Gasteiger partial charge on any atom is -0.340 e. The maximum absolute atomic E-state index is 13.3. The van der Waals surface area contributed by atoms with Crippen LogP contribution in [0.15, 0.2) is 36.7 Å². The Hall–Kier alpha value is -2.89. The number of fused-ring (bicyclic) bond motifs is 3. The number of Topliss-reactive ketones (excluding diaryl/α,β-unsaturated/α-hetero) is 1. The van der Waals surface area contributed by atoms with Crippen LogP contribution in [0.25, 0.3) is 10.9 Å². The summed E-state index contributed by atoms with van der Waals surface area (Å²) in [6, 6.07) is 7.95. The lowest BCUT2D eigenvalue weighted by Gasteiger charge is -2.40. The third-order valence-corrected chi connectivity index (χ3v) is 7.36. The van der Waals surface area contributed by atoms with Crippen molar-refractivity contribution in [2.75, 3.05) is 13.1 Å². The molecule has 2 aromatic heterocycles. The normalized spacial score (nSPS) is 23.3. The zero-order valence-corrected chi connectivity index (χ0v) is 17.1. The number of aryl methyl sites for hydroxylation is 1. The standard InChI is InChI=1S/C24H26N4O2/c29-21(27-11-3-9-24(15-27)10-8-17-12-25-26-23(17)24)14-28-13-19(22(30)16-6-7-16)18-4-1-2-5-20(18)28/h1-2,4-5,12-13,16H,3,6-11,14-15H2,(H,25,26). The maximum Gasteiger partial charge on any atom is 0.242 e. The first-order valence-electron chi connectivity index (χ1n) is 11.1. The average molecular weight is 402 g/mol. The third-order valence-electron chi connectivity index (χ3n) is 7.36. The van der Waals surface area contributed by atoms with Gasteiger partial charge in [-0.1, -0.05) is 18.2 Å². The van der Waals surface area contributed by atoms with E-state index in [4.69, 9.17) is 0 Å². The van der Waals surface area contributed by atoms with Gasteiger partial charge in [-0.25, -0.2) is 0 Å². The number of benzene rings is 1. The van der Waals surface area contributed by atoms with E-state index < -0.39 is 0 Å². The summed E-state index contributed by atoms with van der Waals surface area (Å²) in [5, 5.41) is 8.42. The van der Waals surface area contributed by atoms with Crippen molar-refractivity contribution in [3.63, 3.8) is 0 Å². The van der Waals surface area contributed by atoms with Crippen LogP contribution in [-0.2, 0) is 23.2 Å². The van der Waals surface area contributed by atoms with Gasteiger partial charge in [-0.2, -0.15) is 5.10 Å². The van der Waals surface area contributed by atoms with Crippen molar-refractivity contribution in [2.24, 2.45) is 5.92 Å². The Labute approximate surface area is 175 Å². The number of hydrogen-bond donors (Lipinski definition) is 1. The summed E-state index contributed by atoms with van der Waals surface area (Å²) in [6.07, 6.45) is 10.1. The molecular weight excluding hydrogens is 376 g/mol. The molecule has 1 aromatic carbocycles. The lowest BCUT2D eigenvalue weighted by Crippen LogP contribution is -2.48. The van der Waals surface area contributed by atoms with Crippen molar-refractivity contribution in [1.29, 1.82) is 0 Å². The summed E-state index contributed by atoms with van der Waals surface area (Å²) in [5.74, 6) is 0.535. The predicted octanol–water partition coefficient (Wildman–Crippen LogP) is 3.46. The highest BCUT2D eigenvalue weighted by Crippen LogP contribution is 2.44. The van der Waals surface area contributed by atoms with Crippen LogP contribution in [0.5, 0.6) is 0 Å². The molecule has 30 heavy (non-hydrogen) atoms. The van der Waals surface area contributed by atoms with Gasteiger partial charge in [0, 0.05) is 52.8 Å². The Balaban J connectivity index is 1.27. The molecule has 1 spiro atoms. The summed E-state index contributed by atoms with van der Waals surface area (Å²) in [7, 11) is 0. The Kier molecular flexibility index (Phi) is 3.92. The monoisotopic (exact) mass is 402 g/mol. The van der Waals surface area contributed by atoms with E-state index in [-0.39, 0.29) is 29.6 Å². The van der Waals surface area contributed by atoms with E-state index in [0.717, 1.165) is 68.1 Å². The van der Waals surface area contributed by atoms with E-state index >= 15 is 0 Å². The van der Waals surface area contributed by atoms with Crippen molar-refractivity contribution in [2.45, 2.75) is 50.5 Å². The lowest BCUT2D eigenvalue weighted by atomic mass is 9.77. The smallest absolute Gasteiger partial charge is 0.242 e. The van der Waals surface area contributed by atoms with Gasteiger partial charge < -0.3 is 9.47 Å². The van der Waals surface area contributed by atoms with Gasteiger partial charge in [0.1, 0.15) is 6.54 Å². The van der Waals surface area contributed by atoms with Crippen molar-refractivity contribution in [1.82, 2.24) is 19.7 Å². The zero-order valence-electron chi connectivity index (χ0n) is 17.1. The van der Waals surface area contributed by atoms with Gasteiger partial charge in [-0.15, -0.1) is 0 Å². The minimum atomic E-state index is 0.0333. The van der Waals surface area contributed by atoms with E-state index in [1.807, 2.05) is 46.1 Å². The van der Waals surface area contributed by atoms with E-state index in [1.54, 1.807) is 0 Å². The predicted molar refractivity (Wildman–Crippen MR) is 113 cm³/mol. The summed E-state index contributed by atoms with van der Waals surface area (Å²) >= 11 is 0. The van der Waals surface area contributed by atoms with E-state index in [9.17, 15) is 9.59 Å². The largest absolute Gasteiger partial charge is 0.340 e. The first-order chi connectivity index (χ1) is 14.6. The van der Waals surface area contributed by atoms with Crippen molar-refractivity contribution >= 4 is 22.6 Å². The van der Waals surface area contributed by atoms with Crippen LogP contribution in [0.1, 0.15) is 53.7 Å². The van der Waals surface area contributed by atoms with Gasteiger partial charge in [-0.3, -0.25) is 14.7 Å². The number of hydrogen-bond acceptors (Lipinski definition) is 3. The molecule has 1 aliphatic heterocycles. The van der Waals surface area contributed by atoms with Crippen LogP contribution < -0.4 is 0 Å². The number of piperidine rings is 1. The fourth-order valence-electron chi connectivity index (χ4n) is 5.60. The molecule has 1 unspecified atom stereocenters. The number of para-hydroxylation sites is 1. The Morgan fingerprint density at radius 3 is 2.93 bits per heavy atom. The number of rotatable bonds is 4. The van der Waals surface area contributed by atoms with Gasteiger partial charge >= 0.3 is 0 Å². The molecule has 6 nitrogen and oxygen atoms in total. The van der Waals surface area contributed by atoms with E-state index in [2.05, 4.69) is 10.2 Å². The number of aromatic amines is 1. The Bertz CT molecular complexity index is 1160. The number of ketones is 1. The van der Waals surface area contributed by atoms with Gasteiger partial charge in [0.25, 0.3) is 0 Å². The number of carbonyl (C=O) groups excluding carboxylic acids is 2. The molecule has 0 bridgehead atoms. The maximum atomic E-state index is 13.3. The molecule has 3 heterocycles. The lowest BCUT2D eigenvalue weighted by molar-refractivity contribution is -0.134. The summed E-state index contributed by atoms with van der Waals surface area (Å²) in [4.78, 5) is 28.1. The summed E-state index contributed by atoms with van der Waals surface area (Å²) in [6.45, 7) is 1.84. The second kappa shape index (κ2) is 6.56. The molecule has 1 saturated carbocycles. The second-order valence-electron chi connectivity index (χ2n) is 9.30. The molecule has 2 fully saturated rings. The molecule has 154 valence electrons. The van der Waals surface area contributed by atoms with Crippen LogP contribution in [0.2, 0.25) is 0 Å². The number of carbonyl (C=O) groups is 2. The molecule has 1 atom stereocenters. The molecule has 6 heteroatoms. The first kappa shape index (κ1) is 17.9. The second-order valence-corrected chi connectivity index (χ2v) is 9.30. The van der Waals surface area contributed by atoms with E-state index in [0.29, 0.717) is 0 Å². The van der Waals surface area contributed by atoms with Gasteiger partial charge in [0.05, 0.1) is 6.20 Å². The van der Waals surface area contributed by atoms with Crippen LogP contribution in [0.4, 0.5) is 0 Å². The molecule has 2 aliphatic carbocycles. The van der Waals surface area contributed by atoms with Gasteiger partial charge in [-0.05, 0) is 50.2 Å². The molecule has 0 radical (unpaired) electrons. The van der Waals surface area contributed by atoms with Gasteiger partial charge in [0.15, 0.2) is 5.78 Å². The quantitative estimate of drug-likeness (QED) is 0.680. The molecule has 1 N–H and O–H groups in total. The number of amides is 1. The van der Waals surface area contributed by atoms with Crippen LogP contribution in [0.3, 0.4) is 0 Å². The van der Waals surface area contributed by atoms with Gasteiger partial charge in [0.2, 0.25) is 5.91 Å². The zero-order chi connectivity index (χ0) is 20.3. The molecule has 6 rings (SSSR count). The van der Waals surface area contributed by atoms with Crippen molar-refractivity contribution < 1.29 is 9.59 Å². The molecule has 3 aliphatic rings. The molecule has 1 amide bonds. The van der Waals surface area contributed by atoms with Crippen molar-refractivity contribution in [3.05, 3.63) is 53.5 Å². The number of nitrogens with one attached hydrogen (secondary N) is 1. The fraction of sp³-hybridized carbons (Fsp3) is 0.458. The van der Waals surface area contributed by atoms with Crippen molar-refractivity contribution in [3.8, 4) is 0 Å². The summed E-state index contributed by atoms with van der Waals surface area (Å²) < 4.78 is 1.98. The highest BCUT2D eigenvalue weighted by atomic mass is 16.2. The fourth-order valence-corrected chi connectivity index (χ4v) is 5.60. The third kappa shape index (κ3) is 2.73. The number of nitrogens with zero attached hydrogens (tertiary/aromatic N) is 3. The molecule has 1 saturated heterocycles. The van der Waals surface area contributed by atoms with E-state index in [1.165, 1.54) is 11.3 Å². The number of H-pyrrole nitrogens is 1. The summed E-state index contributed by atoms with van der Waals surface area (Å²) in [5.41, 5.74) is 4.32. The highest BCUT2D eigenvalue weighted by molar-refractivity contribution is 6.10. The molecule has 3 aromatic rings. The SMILES string of the molecule is O=C(c1cn(CC(=O)N2CCCC3(CCc4cn[nH]c43)C2)c2ccccc12)C1CC1.